The number of nitrogens with zero attached hydrogens (tertiary/aromatic N) is 5. The van der Waals surface area contributed by atoms with Crippen LogP contribution in [0.5, 0.6) is 5.75 Å². The first-order valence-electron chi connectivity index (χ1n) is 11.0. The molecule has 35 heavy (non-hydrogen) atoms. The van der Waals surface area contributed by atoms with Gasteiger partial charge in [0.2, 0.25) is 5.82 Å². The molecule has 2 aromatic heterocycles. The average Bonchev–Trinajstić information content (AvgIpc) is 3.39. The molecule has 1 atom stereocenters. The molecule has 8 nitrogen and oxygen atoms in total. The van der Waals surface area contributed by atoms with Gasteiger partial charge >= 0.3 is 6.18 Å². The molecule has 0 radical (unpaired) electrons. The number of benzene rings is 2. The van der Waals surface area contributed by atoms with Crippen LogP contribution in [0.25, 0.3) is 11.4 Å². The molecule has 0 saturated heterocycles. The number of hydrogen-bond acceptors (Lipinski definition) is 7. The zero-order chi connectivity index (χ0) is 24.4. The number of hydrogen-bond donors (Lipinski definition) is 2. The summed E-state index contributed by atoms with van der Waals surface area (Å²) in [4.78, 5) is 6.61. The van der Waals surface area contributed by atoms with Crippen molar-refractivity contribution in [2.45, 2.75) is 25.7 Å². The first-order chi connectivity index (χ1) is 16.9. The van der Waals surface area contributed by atoms with Crippen LogP contribution in [0, 0.1) is 0 Å². The minimum atomic E-state index is -4.36. The number of tetrazole rings is 1. The topological polar surface area (TPSA) is 91.9 Å². The average molecular weight is 481 g/mol. The molecule has 2 aromatic carbocycles. The van der Waals surface area contributed by atoms with Crippen molar-refractivity contribution < 1.29 is 17.9 Å². The number of nitrogens with one attached hydrogen (secondary N) is 2. The summed E-state index contributed by atoms with van der Waals surface area (Å²) in [5.74, 6) is 1.84. The van der Waals surface area contributed by atoms with Gasteiger partial charge in [-0.15, -0.1) is 10.2 Å². The molecular weight excluding hydrogens is 459 g/mol. The number of rotatable bonds is 6. The molecule has 0 saturated carbocycles. The normalized spacial score (nSPS) is 14.2. The van der Waals surface area contributed by atoms with Gasteiger partial charge in [0.1, 0.15) is 18.0 Å². The van der Waals surface area contributed by atoms with Crippen LogP contribution in [0.2, 0.25) is 0 Å². The zero-order valence-corrected chi connectivity index (χ0v) is 18.8. The Labute approximate surface area is 199 Å². The summed E-state index contributed by atoms with van der Waals surface area (Å²) in [6.45, 7) is 3.52. The van der Waals surface area contributed by atoms with Crippen molar-refractivity contribution in [3.05, 3.63) is 77.5 Å². The highest BCUT2D eigenvalue weighted by molar-refractivity contribution is 5.74. The van der Waals surface area contributed by atoms with Crippen LogP contribution in [0.3, 0.4) is 0 Å². The first kappa shape index (κ1) is 22.6. The highest BCUT2D eigenvalue weighted by Gasteiger charge is 2.30. The van der Waals surface area contributed by atoms with E-state index in [1.165, 1.54) is 12.1 Å². The van der Waals surface area contributed by atoms with Crippen LogP contribution >= 0.6 is 0 Å². The Morgan fingerprint density at radius 3 is 2.54 bits per heavy atom. The summed E-state index contributed by atoms with van der Waals surface area (Å²) in [7, 11) is 0. The Kier molecular flexibility index (Phi) is 5.98. The second-order valence-corrected chi connectivity index (χ2v) is 8.19. The fraction of sp³-hybridized carbons (Fsp3) is 0.250. The minimum absolute atomic E-state index is 0.0804. The summed E-state index contributed by atoms with van der Waals surface area (Å²) in [5, 5.41) is 17.5. The van der Waals surface area contributed by atoms with E-state index in [0.29, 0.717) is 37.1 Å². The van der Waals surface area contributed by atoms with E-state index in [2.05, 4.69) is 35.8 Å². The molecule has 0 fully saturated rings. The van der Waals surface area contributed by atoms with Gasteiger partial charge < -0.3 is 15.0 Å². The second kappa shape index (κ2) is 9.24. The number of anilines is 2. The van der Waals surface area contributed by atoms with Crippen molar-refractivity contribution in [1.82, 2.24) is 25.6 Å². The van der Waals surface area contributed by atoms with Crippen molar-refractivity contribution in [2.24, 2.45) is 0 Å². The van der Waals surface area contributed by atoms with E-state index in [4.69, 9.17) is 4.74 Å². The molecule has 2 N–H and O–H groups in total. The third kappa shape index (κ3) is 4.88. The van der Waals surface area contributed by atoms with E-state index in [9.17, 15) is 13.2 Å². The molecule has 180 valence electrons. The predicted molar refractivity (Wildman–Crippen MR) is 124 cm³/mol. The lowest BCUT2D eigenvalue weighted by Gasteiger charge is -2.33. The maximum atomic E-state index is 12.9. The van der Waals surface area contributed by atoms with Gasteiger partial charge in [0.15, 0.2) is 5.82 Å². The fourth-order valence-electron chi connectivity index (χ4n) is 4.01. The van der Waals surface area contributed by atoms with Crippen molar-refractivity contribution >= 4 is 11.5 Å². The zero-order valence-electron chi connectivity index (χ0n) is 18.8. The number of pyridine rings is 1. The van der Waals surface area contributed by atoms with Crippen molar-refractivity contribution in [2.75, 3.05) is 23.4 Å². The lowest BCUT2D eigenvalue weighted by atomic mass is 10.1. The maximum absolute atomic E-state index is 12.9. The molecule has 5 rings (SSSR count). The number of fused-ring (bicyclic) bond motifs is 1. The standard InChI is InChI=1S/C24H22F3N7O/c1-15(17-4-6-18(7-5-17)22-30-32-33-31-22)29-23-21-20(10-11-28-23)35-13-12-34(21)14-16-2-8-19(9-3-16)24(25,26)27/h2-11,15H,12-14H2,1H3,(H,28,29)(H,30,31,32,33)/t15-/m0/s1. The van der Waals surface area contributed by atoms with E-state index in [-0.39, 0.29) is 6.04 Å². The number of ether oxygens (including phenoxy) is 1. The summed E-state index contributed by atoms with van der Waals surface area (Å²) >= 11 is 0. The lowest BCUT2D eigenvalue weighted by molar-refractivity contribution is -0.137. The maximum Gasteiger partial charge on any atom is 0.416 e. The molecule has 0 unspecified atom stereocenters. The summed E-state index contributed by atoms with van der Waals surface area (Å²) < 4.78 is 44.6. The van der Waals surface area contributed by atoms with Gasteiger partial charge in [-0.2, -0.15) is 18.4 Å². The quantitative estimate of drug-likeness (QED) is 0.407. The third-order valence-corrected chi connectivity index (χ3v) is 5.84. The smallest absolute Gasteiger partial charge is 0.416 e. The molecule has 0 bridgehead atoms. The highest BCUT2D eigenvalue weighted by Crippen LogP contribution is 2.39. The minimum Gasteiger partial charge on any atom is -0.489 e. The Morgan fingerprint density at radius 1 is 1.09 bits per heavy atom. The Bertz CT molecular complexity index is 1280. The second-order valence-electron chi connectivity index (χ2n) is 8.19. The molecule has 0 aliphatic carbocycles. The Balaban J connectivity index is 1.36. The van der Waals surface area contributed by atoms with Crippen molar-refractivity contribution in [3.63, 3.8) is 0 Å². The van der Waals surface area contributed by atoms with E-state index in [1.54, 1.807) is 12.3 Å². The number of aromatic nitrogens is 5. The van der Waals surface area contributed by atoms with Crippen LogP contribution < -0.4 is 15.0 Å². The molecule has 1 aliphatic heterocycles. The first-order valence-corrected chi connectivity index (χ1v) is 11.0. The van der Waals surface area contributed by atoms with Crippen LogP contribution in [0.4, 0.5) is 24.7 Å². The van der Waals surface area contributed by atoms with Gasteiger partial charge in [-0.05, 0) is 35.4 Å². The summed E-state index contributed by atoms with van der Waals surface area (Å²) in [5.41, 5.74) is 2.77. The van der Waals surface area contributed by atoms with Gasteiger partial charge in [0.05, 0.1) is 18.2 Å². The van der Waals surface area contributed by atoms with E-state index >= 15 is 0 Å². The van der Waals surface area contributed by atoms with Gasteiger partial charge in [-0.25, -0.2) is 4.98 Å². The van der Waals surface area contributed by atoms with E-state index in [0.717, 1.165) is 34.5 Å². The molecule has 0 spiro atoms. The van der Waals surface area contributed by atoms with Crippen LogP contribution in [0.15, 0.2) is 60.8 Å². The third-order valence-electron chi connectivity index (χ3n) is 5.84. The largest absolute Gasteiger partial charge is 0.489 e. The predicted octanol–water partition coefficient (Wildman–Crippen LogP) is 4.85. The number of aromatic amines is 1. The van der Waals surface area contributed by atoms with Crippen LogP contribution in [0.1, 0.15) is 29.7 Å². The number of H-pyrrole nitrogens is 1. The highest BCUT2D eigenvalue weighted by atomic mass is 19.4. The molecule has 11 heteroatoms. The van der Waals surface area contributed by atoms with Gasteiger partial charge in [-0.1, -0.05) is 36.4 Å². The molecular formula is C24H22F3N7O. The molecule has 3 heterocycles. The molecule has 4 aromatic rings. The van der Waals surface area contributed by atoms with E-state index < -0.39 is 11.7 Å². The monoisotopic (exact) mass is 481 g/mol. The van der Waals surface area contributed by atoms with Gasteiger partial charge in [0.25, 0.3) is 0 Å². The van der Waals surface area contributed by atoms with E-state index in [1.807, 2.05) is 31.2 Å². The SMILES string of the molecule is C[C@H](Nc1nccc2c1N(Cc1ccc(C(F)(F)F)cc1)CCO2)c1ccc(-c2nn[nH]n2)cc1. The summed E-state index contributed by atoms with van der Waals surface area (Å²) in [6.07, 6.45) is -2.68. The fourth-order valence-corrected chi connectivity index (χ4v) is 4.01. The lowest BCUT2D eigenvalue weighted by Crippen LogP contribution is -2.33. The van der Waals surface area contributed by atoms with Gasteiger partial charge in [0, 0.05) is 24.4 Å². The molecule has 1 aliphatic rings. The van der Waals surface area contributed by atoms with Gasteiger partial charge in [-0.3, -0.25) is 0 Å². The number of halogens is 3. The van der Waals surface area contributed by atoms with Crippen LogP contribution in [-0.2, 0) is 12.7 Å². The molecule has 0 amide bonds. The Morgan fingerprint density at radius 2 is 1.86 bits per heavy atom. The van der Waals surface area contributed by atoms with Crippen molar-refractivity contribution in [3.8, 4) is 17.1 Å². The van der Waals surface area contributed by atoms with Crippen LogP contribution in [-0.4, -0.2) is 38.8 Å². The Hall–Kier alpha value is -4.15. The summed E-state index contributed by atoms with van der Waals surface area (Å²) in [6, 6.07) is 14.8. The van der Waals surface area contributed by atoms with Crippen molar-refractivity contribution in [1.29, 1.82) is 0 Å². The number of alkyl halides is 3.